The van der Waals surface area contributed by atoms with E-state index in [4.69, 9.17) is 23.1 Å². The lowest BCUT2D eigenvalue weighted by Gasteiger charge is -2.07. The van der Waals surface area contributed by atoms with Gasteiger partial charge >= 0.3 is 5.97 Å². The second kappa shape index (κ2) is 4.19. The number of nitrogen functional groups attached to an aromatic ring is 2. The van der Waals surface area contributed by atoms with Crippen molar-refractivity contribution >= 4 is 28.9 Å². The summed E-state index contributed by atoms with van der Waals surface area (Å²) < 4.78 is 4.51. The average Bonchev–Trinajstić information content (AvgIpc) is 2.19. The van der Waals surface area contributed by atoms with Gasteiger partial charge in [0.1, 0.15) is 0 Å². The summed E-state index contributed by atoms with van der Waals surface area (Å²) in [6.45, 7) is 0. The van der Waals surface area contributed by atoms with E-state index in [0.29, 0.717) is 22.0 Å². The third-order valence-corrected chi connectivity index (χ3v) is 2.30. The standard InChI is InChI=1S/C9H11ClN2O2/c1-14-7(13)4-5-2-3-6(11)9(12)8(5)10/h2-3H,4,11-12H2,1H3. The third-order valence-electron chi connectivity index (χ3n) is 1.86. The van der Waals surface area contributed by atoms with Crippen LogP contribution in [0.4, 0.5) is 11.4 Å². The summed E-state index contributed by atoms with van der Waals surface area (Å²) in [4.78, 5) is 11.0. The molecule has 5 heteroatoms. The molecule has 0 atom stereocenters. The van der Waals surface area contributed by atoms with E-state index in [9.17, 15) is 4.79 Å². The fraction of sp³-hybridized carbons (Fsp3) is 0.222. The largest absolute Gasteiger partial charge is 0.469 e. The van der Waals surface area contributed by atoms with Crippen molar-refractivity contribution in [3.63, 3.8) is 0 Å². The number of halogens is 1. The molecule has 0 aromatic heterocycles. The maximum Gasteiger partial charge on any atom is 0.310 e. The predicted molar refractivity (Wildman–Crippen MR) is 56.0 cm³/mol. The fourth-order valence-corrected chi connectivity index (χ4v) is 1.26. The number of ether oxygens (including phenoxy) is 1. The Bertz CT molecular complexity index is 366. The van der Waals surface area contributed by atoms with Gasteiger partial charge in [0.15, 0.2) is 0 Å². The molecule has 76 valence electrons. The van der Waals surface area contributed by atoms with Crippen molar-refractivity contribution in [2.45, 2.75) is 6.42 Å². The van der Waals surface area contributed by atoms with E-state index in [0.717, 1.165) is 0 Å². The molecule has 4 N–H and O–H groups in total. The highest BCUT2D eigenvalue weighted by Gasteiger charge is 2.10. The molecule has 14 heavy (non-hydrogen) atoms. The molecule has 0 saturated carbocycles. The van der Waals surface area contributed by atoms with Crippen molar-refractivity contribution in [1.29, 1.82) is 0 Å². The van der Waals surface area contributed by atoms with E-state index in [2.05, 4.69) is 4.74 Å². The van der Waals surface area contributed by atoms with E-state index < -0.39 is 0 Å². The van der Waals surface area contributed by atoms with Gasteiger partial charge in [0.05, 0.1) is 29.9 Å². The van der Waals surface area contributed by atoms with Crippen molar-refractivity contribution in [1.82, 2.24) is 0 Å². The molecule has 0 aliphatic rings. The summed E-state index contributed by atoms with van der Waals surface area (Å²) in [5, 5.41) is 0.315. The lowest BCUT2D eigenvalue weighted by atomic mass is 10.1. The Morgan fingerprint density at radius 2 is 2.14 bits per heavy atom. The molecule has 0 saturated heterocycles. The summed E-state index contributed by atoms with van der Waals surface area (Å²) in [7, 11) is 1.32. The molecule has 0 unspecified atom stereocenters. The first-order valence-electron chi connectivity index (χ1n) is 3.95. The Morgan fingerprint density at radius 3 is 2.71 bits per heavy atom. The van der Waals surface area contributed by atoms with Crippen molar-refractivity contribution in [3.05, 3.63) is 22.7 Å². The molecule has 0 fully saturated rings. The molecule has 0 spiro atoms. The quantitative estimate of drug-likeness (QED) is 0.573. The normalized spacial score (nSPS) is 9.86. The van der Waals surface area contributed by atoms with Crippen LogP contribution in [0.3, 0.4) is 0 Å². The minimum absolute atomic E-state index is 0.0970. The Kier molecular flexibility index (Phi) is 3.19. The Morgan fingerprint density at radius 1 is 1.50 bits per heavy atom. The molecule has 4 nitrogen and oxygen atoms in total. The molecule has 1 aromatic carbocycles. The van der Waals surface area contributed by atoms with Gasteiger partial charge in [0.25, 0.3) is 0 Å². The number of esters is 1. The number of hydrogen-bond donors (Lipinski definition) is 2. The van der Waals surface area contributed by atoms with Gasteiger partial charge in [-0.3, -0.25) is 4.79 Å². The topological polar surface area (TPSA) is 78.3 Å². The van der Waals surface area contributed by atoms with Crippen LogP contribution < -0.4 is 11.5 Å². The molecule has 0 amide bonds. The number of hydrogen-bond acceptors (Lipinski definition) is 4. The first-order valence-corrected chi connectivity index (χ1v) is 4.33. The van der Waals surface area contributed by atoms with E-state index >= 15 is 0 Å². The molecular weight excluding hydrogens is 204 g/mol. The molecule has 1 aromatic rings. The smallest absolute Gasteiger partial charge is 0.310 e. The zero-order valence-corrected chi connectivity index (χ0v) is 8.47. The Balaban J connectivity index is 3.00. The highest BCUT2D eigenvalue weighted by Crippen LogP contribution is 2.29. The van der Waals surface area contributed by atoms with Gasteiger partial charge in [0.2, 0.25) is 0 Å². The van der Waals surface area contributed by atoms with Crippen LogP contribution in [-0.2, 0) is 16.0 Å². The van der Waals surface area contributed by atoms with Crippen LogP contribution in [0.25, 0.3) is 0 Å². The number of anilines is 2. The predicted octanol–water partition coefficient (Wildman–Crippen LogP) is 1.22. The van der Waals surface area contributed by atoms with Crippen LogP contribution in [0.5, 0.6) is 0 Å². The molecule has 0 aliphatic heterocycles. The molecular formula is C9H11ClN2O2. The molecule has 0 bridgehead atoms. The number of carbonyl (C=O) groups excluding carboxylic acids is 1. The van der Waals surface area contributed by atoms with Crippen LogP contribution in [-0.4, -0.2) is 13.1 Å². The SMILES string of the molecule is COC(=O)Cc1ccc(N)c(N)c1Cl. The van der Waals surface area contributed by atoms with Gasteiger partial charge in [-0.2, -0.15) is 0 Å². The third kappa shape index (κ3) is 2.09. The van der Waals surface area contributed by atoms with Crippen molar-refractivity contribution in [2.24, 2.45) is 0 Å². The van der Waals surface area contributed by atoms with Crippen molar-refractivity contribution < 1.29 is 9.53 Å². The van der Waals surface area contributed by atoms with Crippen LogP contribution >= 0.6 is 11.6 Å². The molecule has 0 aliphatic carbocycles. The van der Waals surface area contributed by atoms with Gasteiger partial charge in [-0.15, -0.1) is 0 Å². The van der Waals surface area contributed by atoms with Gasteiger partial charge in [-0.1, -0.05) is 17.7 Å². The summed E-state index contributed by atoms with van der Waals surface area (Å²) in [5.41, 5.74) is 12.4. The number of rotatable bonds is 2. The van der Waals surface area contributed by atoms with E-state index in [1.165, 1.54) is 7.11 Å². The van der Waals surface area contributed by atoms with Crippen LogP contribution in [0.15, 0.2) is 12.1 Å². The molecule has 1 rings (SSSR count). The minimum atomic E-state index is -0.365. The van der Waals surface area contributed by atoms with E-state index in [1.54, 1.807) is 12.1 Å². The number of benzene rings is 1. The van der Waals surface area contributed by atoms with Gasteiger partial charge < -0.3 is 16.2 Å². The maximum atomic E-state index is 11.0. The van der Waals surface area contributed by atoms with Gasteiger partial charge in [-0.05, 0) is 11.6 Å². The maximum absolute atomic E-state index is 11.0. The summed E-state index contributed by atoms with van der Waals surface area (Å²) >= 11 is 5.89. The average molecular weight is 215 g/mol. The monoisotopic (exact) mass is 214 g/mol. The zero-order valence-electron chi connectivity index (χ0n) is 7.71. The lowest BCUT2D eigenvalue weighted by molar-refractivity contribution is -0.139. The zero-order chi connectivity index (χ0) is 10.7. The molecule has 0 radical (unpaired) electrons. The van der Waals surface area contributed by atoms with Crippen molar-refractivity contribution in [3.8, 4) is 0 Å². The minimum Gasteiger partial charge on any atom is -0.469 e. The lowest BCUT2D eigenvalue weighted by Crippen LogP contribution is -2.06. The van der Waals surface area contributed by atoms with E-state index in [-0.39, 0.29) is 12.4 Å². The highest BCUT2D eigenvalue weighted by molar-refractivity contribution is 6.34. The number of nitrogens with two attached hydrogens (primary N) is 2. The molecule has 0 heterocycles. The second-order valence-corrected chi connectivity index (χ2v) is 3.17. The second-order valence-electron chi connectivity index (χ2n) is 2.79. The number of carbonyl (C=O) groups is 1. The first-order chi connectivity index (χ1) is 6.56. The fourth-order valence-electron chi connectivity index (χ4n) is 1.02. The summed E-state index contributed by atoms with van der Waals surface area (Å²) in [5.74, 6) is -0.365. The highest BCUT2D eigenvalue weighted by atomic mass is 35.5. The van der Waals surface area contributed by atoms with Gasteiger partial charge in [-0.25, -0.2) is 0 Å². The Labute approximate surface area is 86.8 Å². The first kappa shape index (κ1) is 10.7. The van der Waals surface area contributed by atoms with Crippen LogP contribution in [0.1, 0.15) is 5.56 Å². The summed E-state index contributed by atoms with van der Waals surface area (Å²) in [6.07, 6.45) is 0.0970. The van der Waals surface area contributed by atoms with Crippen LogP contribution in [0.2, 0.25) is 5.02 Å². The van der Waals surface area contributed by atoms with Crippen molar-refractivity contribution in [2.75, 3.05) is 18.6 Å². The summed E-state index contributed by atoms with van der Waals surface area (Å²) in [6, 6.07) is 3.27. The number of methoxy groups -OCH3 is 1. The van der Waals surface area contributed by atoms with Crippen LogP contribution in [0, 0.1) is 0 Å². The Hall–Kier alpha value is -1.42. The van der Waals surface area contributed by atoms with E-state index in [1.807, 2.05) is 0 Å². The van der Waals surface area contributed by atoms with Gasteiger partial charge in [0, 0.05) is 0 Å².